The zero-order valence-corrected chi connectivity index (χ0v) is 19.5. The van der Waals surface area contributed by atoms with Gasteiger partial charge in [0.1, 0.15) is 5.75 Å². The molecule has 1 aliphatic carbocycles. The molecule has 7 heteroatoms. The molecular formula is C23H36N2O5. The van der Waals surface area contributed by atoms with Crippen LogP contribution in [-0.2, 0) is 9.47 Å². The average molecular weight is 421 g/mol. The maximum atomic E-state index is 13.0. The number of hydrogen-bond acceptors (Lipinski definition) is 5. The molecule has 168 valence electrons. The van der Waals surface area contributed by atoms with Crippen LogP contribution in [0.1, 0.15) is 56.7 Å². The highest BCUT2D eigenvalue weighted by Crippen LogP contribution is 2.49. The number of hydrogen-bond donors (Lipinski definition) is 2. The molecule has 7 nitrogen and oxygen atoms in total. The Morgan fingerprint density at radius 2 is 1.77 bits per heavy atom. The Hall–Kier alpha value is -2.44. The van der Waals surface area contributed by atoms with Crippen molar-refractivity contribution in [3.05, 3.63) is 22.8 Å². The number of aromatic hydroxyl groups is 1. The predicted octanol–water partition coefficient (Wildman–Crippen LogP) is 4.83. The molecule has 2 atom stereocenters. The maximum absolute atomic E-state index is 13.0. The molecule has 0 saturated heterocycles. The van der Waals surface area contributed by atoms with Crippen molar-refractivity contribution in [1.29, 1.82) is 0 Å². The second kappa shape index (κ2) is 8.74. The summed E-state index contributed by atoms with van der Waals surface area (Å²) in [5, 5.41) is 13.4. The van der Waals surface area contributed by atoms with Gasteiger partial charge in [0.2, 0.25) is 0 Å². The molecule has 1 fully saturated rings. The summed E-state index contributed by atoms with van der Waals surface area (Å²) in [6.07, 6.45) is 1.45. The first kappa shape index (κ1) is 23.8. The summed E-state index contributed by atoms with van der Waals surface area (Å²) in [4.78, 5) is 26.3. The zero-order valence-electron chi connectivity index (χ0n) is 19.5. The Balaban J connectivity index is 2.50. The lowest BCUT2D eigenvalue weighted by atomic mass is 9.62. The van der Waals surface area contributed by atoms with Gasteiger partial charge in [0, 0.05) is 18.2 Å². The van der Waals surface area contributed by atoms with Crippen molar-refractivity contribution in [3.8, 4) is 5.75 Å². The number of ether oxygens (including phenoxy) is 2. The van der Waals surface area contributed by atoms with E-state index < -0.39 is 12.2 Å². The van der Waals surface area contributed by atoms with Gasteiger partial charge >= 0.3 is 12.2 Å². The smallest absolute Gasteiger partial charge is 0.414 e. The number of carbonyl (C=O) groups is 2. The Labute approximate surface area is 179 Å². The number of anilines is 1. The number of aryl methyl sites for hydroxylation is 2. The third-order valence-electron chi connectivity index (χ3n) is 6.13. The number of phenolic OH excluding ortho intramolecular Hbond substituents is 1. The number of carbonyl (C=O) groups excluding carboxylic acids is 2. The fourth-order valence-electron chi connectivity index (χ4n) is 5.31. The number of alkyl carbamates (subject to hydrolysis) is 1. The minimum Gasteiger partial charge on any atom is -0.507 e. The first-order valence-electron chi connectivity index (χ1n) is 10.3. The summed E-state index contributed by atoms with van der Waals surface area (Å²) < 4.78 is 9.90. The molecule has 1 aliphatic rings. The topological polar surface area (TPSA) is 88.1 Å². The Bertz CT molecular complexity index is 820. The van der Waals surface area contributed by atoms with Crippen LogP contribution >= 0.6 is 0 Å². The predicted molar refractivity (Wildman–Crippen MR) is 117 cm³/mol. The van der Waals surface area contributed by atoms with Crippen LogP contribution in [0, 0.1) is 31.6 Å². The van der Waals surface area contributed by atoms with E-state index in [9.17, 15) is 14.7 Å². The Morgan fingerprint density at radius 1 is 1.13 bits per heavy atom. The molecule has 0 aromatic heterocycles. The zero-order chi connectivity index (χ0) is 22.9. The van der Waals surface area contributed by atoms with Gasteiger partial charge in [0.05, 0.1) is 19.9 Å². The molecule has 0 radical (unpaired) electrons. The molecule has 30 heavy (non-hydrogen) atoms. The van der Waals surface area contributed by atoms with Crippen LogP contribution in [0.15, 0.2) is 6.07 Å². The molecule has 0 heterocycles. The third kappa shape index (κ3) is 4.99. The van der Waals surface area contributed by atoms with Crippen molar-refractivity contribution >= 4 is 17.9 Å². The first-order valence-corrected chi connectivity index (χ1v) is 10.3. The van der Waals surface area contributed by atoms with Gasteiger partial charge in [-0.25, -0.2) is 9.59 Å². The van der Waals surface area contributed by atoms with Crippen LogP contribution in [0.3, 0.4) is 0 Å². The van der Waals surface area contributed by atoms with Crippen molar-refractivity contribution in [2.24, 2.45) is 10.8 Å². The lowest BCUT2D eigenvalue weighted by molar-refractivity contribution is 0.0752. The minimum absolute atomic E-state index is 0.0592. The summed E-state index contributed by atoms with van der Waals surface area (Å²) in [6, 6.07) is 1.74. The number of nitrogens with one attached hydrogen (secondary N) is 1. The monoisotopic (exact) mass is 420 g/mol. The standard InChI is InChI=1S/C23H36N2O5/c1-14-9-15(2)19(26)16(3)18(14)25(21(28)30-8)17-10-22(4,5)12-23(6,11-17)13-24-20(27)29-7/h9,17,26H,10-13H2,1-8H3,(H,24,27). The van der Waals surface area contributed by atoms with Crippen LogP contribution in [-0.4, -0.2) is 44.1 Å². The molecule has 0 aliphatic heterocycles. The molecular weight excluding hydrogens is 384 g/mol. The normalized spacial score (nSPS) is 22.9. The van der Waals surface area contributed by atoms with Crippen molar-refractivity contribution < 1.29 is 24.2 Å². The molecule has 2 unspecified atom stereocenters. The number of phenols is 1. The molecule has 2 N–H and O–H groups in total. The van der Waals surface area contributed by atoms with E-state index in [1.807, 2.05) is 26.8 Å². The van der Waals surface area contributed by atoms with Crippen LogP contribution in [0.25, 0.3) is 0 Å². The van der Waals surface area contributed by atoms with Crippen LogP contribution < -0.4 is 10.2 Å². The fraction of sp³-hybridized carbons (Fsp3) is 0.652. The van der Waals surface area contributed by atoms with Gasteiger partial charge in [-0.3, -0.25) is 4.90 Å². The van der Waals surface area contributed by atoms with Crippen LogP contribution in [0.5, 0.6) is 5.75 Å². The third-order valence-corrected chi connectivity index (χ3v) is 6.13. The van der Waals surface area contributed by atoms with Gasteiger partial charge in [-0.05, 0) is 62.0 Å². The molecule has 1 saturated carbocycles. The second-order valence-electron chi connectivity index (χ2n) is 9.73. The highest BCUT2D eigenvalue weighted by atomic mass is 16.5. The largest absolute Gasteiger partial charge is 0.507 e. The highest BCUT2D eigenvalue weighted by Gasteiger charge is 2.45. The van der Waals surface area contributed by atoms with E-state index in [1.165, 1.54) is 14.2 Å². The number of nitrogens with zero attached hydrogens (tertiary/aromatic N) is 1. The lowest BCUT2D eigenvalue weighted by Crippen LogP contribution is -2.52. The van der Waals surface area contributed by atoms with Crippen molar-refractivity contribution in [1.82, 2.24) is 5.32 Å². The van der Waals surface area contributed by atoms with E-state index in [0.717, 1.165) is 24.0 Å². The fourth-order valence-corrected chi connectivity index (χ4v) is 5.31. The number of rotatable bonds is 4. The Kier molecular flexibility index (Phi) is 6.94. The molecule has 2 amide bonds. The number of methoxy groups -OCH3 is 2. The summed E-state index contributed by atoms with van der Waals surface area (Å²) >= 11 is 0. The SMILES string of the molecule is COC(=O)NCC1(C)CC(N(C(=O)OC)c2c(C)cc(C)c(O)c2C)CC(C)(C)C1. The maximum Gasteiger partial charge on any atom is 0.414 e. The van der Waals surface area contributed by atoms with E-state index >= 15 is 0 Å². The van der Waals surface area contributed by atoms with Crippen LogP contribution in [0.2, 0.25) is 0 Å². The van der Waals surface area contributed by atoms with Gasteiger partial charge in [-0.1, -0.05) is 26.8 Å². The molecule has 0 spiro atoms. The molecule has 2 rings (SSSR count). The molecule has 1 aromatic rings. The van der Waals surface area contributed by atoms with E-state index in [1.54, 1.807) is 4.90 Å². The van der Waals surface area contributed by atoms with E-state index in [4.69, 9.17) is 9.47 Å². The van der Waals surface area contributed by atoms with E-state index in [-0.39, 0.29) is 22.6 Å². The van der Waals surface area contributed by atoms with Crippen molar-refractivity contribution in [2.45, 2.75) is 66.8 Å². The van der Waals surface area contributed by atoms with E-state index in [2.05, 4.69) is 26.1 Å². The lowest BCUT2D eigenvalue weighted by Gasteiger charge is -2.49. The first-order chi connectivity index (χ1) is 13.8. The summed E-state index contributed by atoms with van der Waals surface area (Å²) in [5.41, 5.74) is 2.74. The summed E-state index contributed by atoms with van der Waals surface area (Å²) in [7, 11) is 2.72. The highest BCUT2D eigenvalue weighted by molar-refractivity contribution is 5.91. The van der Waals surface area contributed by atoms with Crippen molar-refractivity contribution in [2.75, 3.05) is 25.7 Å². The second-order valence-corrected chi connectivity index (χ2v) is 9.73. The van der Waals surface area contributed by atoms with Gasteiger partial charge in [0.25, 0.3) is 0 Å². The van der Waals surface area contributed by atoms with Gasteiger partial charge in [-0.15, -0.1) is 0 Å². The molecule has 1 aromatic carbocycles. The quantitative estimate of drug-likeness (QED) is 0.728. The Morgan fingerprint density at radius 3 is 2.33 bits per heavy atom. The summed E-state index contributed by atoms with van der Waals surface area (Å²) in [5.74, 6) is 0.190. The van der Waals surface area contributed by atoms with Gasteiger partial charge in [-0.2, -0.15) is 0 Å². The van der Waals surface area contributed by atoms with Gasteiger partial charge < -0.3 is 19.9 Å². The number of benzene rings is 1. The van der Waals surface area contributed by atoms with Crippen LogP contribution in [0.4, 0.5) is 15.3 Å². The molecule has 0 bridgehead atoms. The average Bonchev–Trinajstić information content (AvgIpc) is 2.65. The summed E-state index contributed by atoms with van der Waals surface area (Å²) in [6.45, 7) is 12.5. The minimum atomic E-state index is -0.462. The van der Waals surface area contributed by atoms with Gasteiger partial charge in [0.15, 0.2) is 0 Å². The number of amides is 2. The van der Waals surface area contributed by atoms with E-state index in [0.29, 0.717) is 24.2 Å². The van der Waals surface area contributed by atoms with Crippen molar-refractivity contribution in [3.63, 3.8) is 0 Å².